The maximum absolute atomic E-state index is 5.12. The summed E-state index contributed by atoms with van der Waals surface area (Å²) in [5, 5.41) is 7.61. The minimum Gasteiger partial charge on any atom is -0.497 e. The van der Waals surface area contributed by atoms with E-state index in [1.165, 1.54) is 0 Å². The van der Waals surface area contributed by atoms with Crippen LogP contribution in [0.15, 0.2) is 29.4 Å². The first-order valence-electron chi connectivity index (χ1n) is 5.40. The Hall–Kier alpha value is -1.62. The summed E-state index contributed by atoms with van der Waals surface area (Å²) in [5.74, 6) is 0.783. The Kier molecular flexibility index (Phi) is 5.42. The van der Waals surface area contributed by atoms with Crippen molar-refractivity contribution >= 4 is 28.7 Å². The lowest BCUT2D eigenvalue weighted by Crippen LogP contribution is -2.24. The highest BCUT2D eigenvalue weighted by molar-refractivity contribution is 7.80. The highest BCUT2D eigenvalue weighted by Gasteiger charge is 1.98. The molecule has 0 aliphatic carbocycles. The number of hydrogen-bond donors (Lipinski definition) is 2. The van der Waals surface area contributed by atoms with E-state index < -0.39 is 0 Å². The van der Waals surface area contributed by atoms with Gasteiger partial charge in [-0.15, -0.1) is 0 Å². The van der Waals surface area contributed by atoms with Crippen molar-refractivity contribution < 1.29 is 4.74 Å². The van der Waals surface area contributed by atoms with Crippen molar-refractivity contribution in [2.75, 3.05) is 12.4 Å². The third-order valence-electron chi connectivity index (χ3n) is 2.19. The van der Waals surface area contributed by atoms with Gasteiger partial charge in [0, 0.05) is 17.5 Å². The van der Waals surface area contributed by atoms with E-state index in [0.717, 1.165) is 23.6 Å². The number of ether oxygens (including phenoxy) is 1. The van der Waals surface area contributed by atoms with E-state index in [0.29, 0.717) is 5.11 Å². The van der Waals surface area contributed by atoms with E-state index in [2.05, 4.69) is 15.8 Å². The van der Waals surface area contributed by atoms with Gasteiger partial charge >= 0.3 is 0 Å². The molecule has 0 saturated carbocycles. The molecule has 1 aromatic carbocycles. The first kappa shape index (κ1) is 13.4. The van der Waals surface area contributed by atoms with Crippen LogP contribution in [0.1, 0.15) is 20.3 Å². The first-order chi connectivity index (χ1) is 8.15. The van der Waals surface area contributed by atoms with Gasteiger partial charge in [0.25, 0.3) is 0 Å². The molecule has 4 nitrogen and oxygen atoms in total. The van der Waals surface area contributed by atoms with Crippen molar-refractivity contribution in [2.24, 2.45) is 5.10 Å². The maximum Gasteiger partial charge on any atom is 0.191 e. The number of hydrazone groups is 1. The number of nitrogens with zero attached hydrogens (tertiary/aromatic N) is 1. The van der Waals surface area contributed by atoms with Crippen LogP contribution >= 0.6 is 12.2 Å². The van der Waals surface area contributed by atoms with E-state index in [-0.39, 0.29) is 0 Å². The number of rotatable bonds is 4. The number of nitrogens with one attached hydrogen (secondary N) is 2. The number of thiocarbonyl (C=S) groups is 1. The van der Waals surface area contributed by atoms with Crippen LogP contribution in [0.25, 0.3) is 0 Å². The minimum atomic E-state index is 0.464. The van der Waals surface area contributed by atoms with Crippen LogP contribution < -0.4 is 15.5 Å². The summed E-state index contributed by atoms with van der Waals surface area (Å²) in [5.41, 5.74) is 4.65. The van der Waals surface area contributed by atoms with Crippen LogP contribution in [0.4, 0.5) is 5.69 Å². The second-order valence-corrected chi connectivity index (χ2v) is 3.91. The zero-order chi connectivity index (χ0) is 12.7. The van der Waals surface area contributed by atoms with Gasteiger partial charge in [0.2, 0.25) is 0 Å². The van der Waals surface area contributed by atoms with Crippen LogP contribution in [-0.2, 0) is 0 Å². The van der Waals surface area contributed by atoms with E-state index in [1.54, 1.807) is 7.11 Å². The molecule has 0 aliphatic rings. The fourth-order valence-corrected chi connectivity index (χ4v) is 1.25. The monoisotopic (exact) mass is 251 g/mol. The SMILES string of the molecule is CC/C(C)=N\NC(=S)Nc1cccc(OC)c1. The molecule has 2 N–H and O–H groups in total. The first-order valence-corrected chi connectivity index (χ1v) is 5.80. The molecule has 0 atom stereocenters. The molecule has 5 heteroatoms. The molecule has 0 saturated heterocycles. The third-order valence-corrected chi connectivity index (χ3v) is 2.38. The van der Waals surface area contributed by atoms with Crippen molar-refractivity contribution in [2.45, 2.75) is 20.3 Å². The lowest BCUT2D eigenvalue weighted by Gasteiger charge is -2.08. The average Bonchev–Trinajstić information content (AvgIpc) is 2.36. The molecule has 0 spiro atoms. The Morgan fingerprint density at radius 3 is 2.88 bits per heavy atom. The Labute approximate surface area is 107 Å². The summed E-state index contributed by atoms with van der Waals surface area (Å²) in [6, 6.07) is 7.54. The molecule has 0 fully saturated rings. The number of methoxy groups -OCH3 is 1. The Balaban J connectivity index is 2.56. The van der Waals surface area contributed by atoms with Crippen LogP contribution in [0.5, 0.6) is 5.75 Å². The third kappa shape index (κ3) is 4.82. The fraction of sp³-hybridized carbons (Fsp3) is 0.333. The van der Waals surface area contributed by atoms with Crippen LogP contribution in [0, 0.1) is 0 Å². The Bertz CT molecular complexity index is 418. The normalized spacial score (nSPS) is 10.9. The van der Waals surface area contributed by atoms with E-state index in [4.69, 9.17) is 17.0 Å². The van der Waals surface area contributed by atoms with Gasteiger partial charge < -0.3 is 10.1 Å². The highest BCUT2D eigenvalue weighted by Crippen LogP contribution is 2.16. The lowest BCUT2D eigenvalue weighted by atomic mass is 10.3. The standard InChI is InChI=1S/C12H17N3OS/c1-4-9(2)14-15-12(17)13-10-6-5-7-11(8-10)16-3/h5-8H,4H2,1-3H3,(H2,13,15,17)/b14-9-. The Morgan fingerprint density at radius 2 is 2.24 bits per heavy atom. The predicted molar refractivity (Wildman–Crippen MR) is 75.8 cm³/mol. The summed E-state index contributed by atoms with van der Waals surface area (Å²) in [6.07, 6.45) is 0.898. The molecule has 92 valence electrons. The summed E-state index contributed by atoms with van der Waals surface area (Å²) in [7, 11) is 1.63. The number of benzene rings is 1. The molecule has 0 radical (unpaired) electrons. The summed E-state index contributed by atoms with van der Waals surface area (Å²) in [4.78, 5) is 0. The van der Waals surface area contributed by atoms with Gasteiger partial charge in [0.15, 0.2) is 5.11 Å². The number of hydrogen-bond acceptors (Lipinski definition) is 3. The average molecular weight is 251 g/mol. The second kappa shape index (κ2) is 6.85. The van der Waals surface area contributed by atoms with Crippen LogP contribution in [-0.4, -0.2) is 17.9 Å². The van der Waals surface area contributed by atoms with Gasteiger partial charge in [-0.2, -0.15) is 5.10 Å². The van der Waals surface area contributed by atoms with Crippen LogP contribution in [0.2, 0.25) is 0 Å². The minimum absolute atomic E-state index is 0.464. The summed E-state index contributed by atoms with van der Waals surface area (Å²) in [6.45, 7) is 3.99. The van der Waals surface area contributed by atoms with Crippen molar-refractivity contribution in [3.63, 3.8) is 0 Å². The van der Waals surface area contributed by atoms with Crippen molar-refractivity contribution in [3.8, 4) is 5.75 Å². The maximum atomic E-state index is 5.12. The van der Waals surface area contributed by atoms with Gasteiger partial charge in [0.05, 0.1) is 7.11 Å². The molecule has 1 aromatic rings. The van der Waals surface area contributed by atoms with Gasteiger partial charge in [-0.1, -0.05) is 13.0 Å². The highest BCUT2D eigenvalue weighted by atomic mass is 32.1. The molecule has 0 amide bonds. The fourth-order valence-electron chi connectivity index (χ4n) is 1.09. The van der Waals surface area contributed by atoms with E-state index in [9.17, 15) is 0 Å². The molecular formula is C12H17N3OS. The molecule has 0 aliphatic heterocycles. The quantitative estimate of drug-likeness (QED) is 0.491. The van der Waals surface area contributed by atoms with Gasteiger partial charge in [0.1, 0.15) is 5.75 Å². The van der Waals surface area contributed by atoms with Crippen molar-refractivity contribution in [3.05, 3.63) is 24.3 Å². The molecule has 17 heavy (non-hydrogen) atoms. The number of anilines is 1. The van der Waals surface area contributed by atoms with Gasteiger partial charge in [-0.25, -0.2) is 0 Å². The second-order valence-electron chi connectivity index (χ2n) is 3.50. The van der Waals surface area contributed by atoms with Crippen LogP contribution in [0.3, 0.4) is 0 Å². The van der Waals surface area contributed by atoms with E-state index >= 15 is 0 Å². The topological polar surface area (TPSA) is 45.7 Å². The molecule has 0 heterocycles. The zero-order valence-electron chi connectivity index (χ0n) is 10.3. The van der Waals surface area contributed by atoms with Gasteiger partial charge in [-0.3, -0.25) is 5.43 Å². The molecule has 0 bridgehead atoms. The Morgan fingerprint density at radius 1 is 1.47 bits per heavy atom. The smallest absolute Gasteiger partial charge is 0.191 e. The van der Waals surface area contributed by atoms with Crippen molar-refractivity contribution in [1.82, 2.24) is 5.43 Å². The molecule has 1 rings (SSSR count). The summed E-state index contributed by atoms with van der Waals surface area (Å²) >= 11 is 5.11. The molecule has 0 aromatic heterocycles. The summed E-state index contributed by atoms with van der Waals surface area (Å²) < 4.78 is 5.12. The zero-order valence-corrected chi connectivity index (χ0v) is 11.1. The van der Waals surface area contributed by atoms with Crippen molar-refractivity contribution in [1.29, 1.82) is 0 Å². The molecular weight excluding hydrogens is 234 g/mol. The predicted octanol–water partition coefficient (Wildman–Crippen LogP) is 2.77. The largest absolute Gasteiger partial charge is 0.497 e. The molecule has 0 unspecified atom stereocenters. The van der Waals surface area contributed by atoms with Gasteiger partial charge in [-0.05, 0) is 37.7 Å². The lowest BCUT2D eigenvalue weighted by molar-refractivity contribution is 0.415. The van der Waals surface area contributed by atoms with E-state index in [1.807, 2.05) is 38.1 Å².